The summed E-state index contributed by atoms with van der Waals surface area (Å²) in [4.78, 5) is 23.3. The molecule has 0 bridgehead atoms. The van der Waals surface area contributed by atoms with E-state index >= 15 is 0 Å². The molecule has 5 nitrogen and oxygen atoms in total. The van der Waals surface area contributed by atoms with Gasteiger partial charge in [-0.25, -0.2) is 4.79 Å². The smallest absolute Gasteiger partial charge is 0.416 e. The number of thioether (sulfide) groups is 1. The summed E-state index contributed by atoms with van der Waals surface area (Å²) in [5.41, 5.74) is 1.26. The van der Waals surface area contributed by atoms with Crippen LogP contribution in [0.2, 0.25) is 10.0 Å². The molecule has 1 unspecified atom stereocenters. The van der Waals surface area contributed by atoms with Crippen LogP contribution in [0.1, 0.15) is 37.9 Å². The molecule has 0 aliphatic carbocycles. The lowest BCUT2D eigenvalue weighted by atomic mass is 10.0. The number of nitrogens with zero attached hydrogens (tertiary/aromatic N) is 3. The van der Waals surface area contributed by atoms with E-state index in [0.29, 0.717) is 28.2 Å². The lowest BCUT2D eigenvalue weighted by Gasteiger charge is -2.25. The highest BCUT2D eigenvalue weighted by molar-refractivity contribution is 8.14. The van der Waals surface area contributed by atoms with Crippen LogP contribution in [-0.2, 0) is 11.2 Å². The first-order valence-electron chi connectivity index (χ1n) is 9.28. The van der Waals surface area contributed by atoms with Crippen LogP contribution in [0.3, 0.4) is 0 Å². The minimum absolute atomic E-state index is 0.309. The van der Waals surface area contributed by atoms with Crippen LogP contribution in [0.4, 0.5) is 4.79 Å². The van der Waals surface area contributed by atoms with Gasteiger partial charge in [0.15, 0.2) is 5.17 Å². The number of rotatable bonds is 4. The molecule has 2 heterocycles. The number of benzene rings is 1. The lowest BCUT2D eigenvalue weighted by molar-refractivity contribution is 0.0385. The average Bonchev–Trinajstić information content (AvgIpc) is 3.11. The van der Waals surface area contributed by atoms with Crippen LogP contribution in [0.25, 0.3) is 0 Å². The molecule has 1 aromatic carbocycles. The third-order valence-electron chi connectivity index (χ3n) is 4.15. The minimum Gasteiger partial charge on any atom is -0.443 e. The Morgan fingerprint density at radius 2 is 2.10 bits per heavy atom. The number of carbonyl (C=O) groups is 1. The molecule has 0 N–H and O–H groups in total. The first-order valence-corrected chi connectivity index (χ1v) is 11.0. The molecule has 0 spiro atoms. The minimum atomic E-state index is -0.569. The molecule has 29 heavy (non-hydrogen) atoms. The van der Waals surface area contributed by atoms with Crippen LogP contribution in [0.15, 0.2) is 47.7 Å². The van der Waals surface area contributed by atoms with Gasteiger partial charge < -0.3 is 4.74 Å². The van der Waals surface area contributed by atoms with Gasteiger partial charge in [0.05, 0.1) is 16.1 Å². The van der Waals surface area contributed by atoms with E-state index in [1.807, 2.05) is 45.0 Å². The first kappa shape index (κ1) is 21.9. The van der Waals surface area contributed by atoms with Crippen molar-refractivity contribution >= 4 is 46.2 Å². The van der Waals surface area contributed by atoms with Crippen molar-refractivity contribution in [3.8, 4) is 0 Å². The second-order valence-corrected chi connectivity index (χ2v) is 9.46. The topological polar surface area (TPSA) is 54.8 Å². The summed E-state index contributed by atoms with van der Waals surface area (Å²) in [5.74, 6) is 0.765. The van der Waals surface area contributed by atoms with E-state index in [4.69, 9.17) is 32.9 Å². The van der Waals surface area contributed by atoms with E-state index in [9.17, 15) is 4.79 Å². The van der Waals surface area contributed by atoms with E-state index < -0.39 is 11.7 Å². The number of halogens is 2. The standard InChI is InChI=1S/C21H23Cl2N3O2S/c1-21(2,3)28-20(27)26-10-11-29-19(26)25-17(12-14-6-5-9-24-13-14)15-7-4-8-16(22)18(15)23/h4-9,13,17H,10-12H2,1-3H3. The molecule has 1 aliphatic heterocycles. The Labute approximate surface area is 185 Å². The van der Waals surface area contributed by atoms with Gasteiger partial charge in [0, 0.05) is 31.1 Å². The number of hydrogen-bond acceptors (Lipinski definition) is 5. The van der Waals surface area contributed by atoms with Crippen molar-refractivity contribution in [2.75, 3.05) is 12.3 Å². The van der Waals surface area contributed by atoms with Crippen molar-refractivity contribution in [3.05, 3.63) is 63.9 Å². The molecule has 154 valence electrons. The molecule has 0 saturated carbocycles. The van der Waals surface area contributed by atoms with Gasteiger partial charge in [-0.2, -0.15) is 0 Å². The number of hydrogen-bond donors (Lipinski definition) is 0. The zero-order chi connectivity index (χ0) is 21.0. The van der Waals surface area contributed by atoms with Crippen molar-refractivity contribution in [2.45, 2.75) is 38.8 Å². The summed E-state index contributed by atoms with van der Waals surface area (Å²) in [7, 11) is 0. The molecular formula is C21H23Cl2N3O2S. The summed E-state index contributed by atoms with van der Waals surface area (Å²) >= 11 is 14.3. The zero-order valence-electron chi connectivity index (χ0n) is 16.6. The summed E-state index contributed by atoms with van der Waals surface area (Å²) in [6.07, 6.45) is 3.73. The number of carbonyl (C=O) groups excluding carboxylic acids is 1. The Morgan fingerprint density at radius 3 is 2.79 bits per heavy atom. The van der Waals surface area contributed by atoms with Crippen molar-refractivity contribution in [1.29, 1.82) is 0 Å². The van der Waals surface area contributed by atoms with Gasteiger partial charge >= 0.3 is 6.09 Å². The van der Waals surface area contributed by atoms with Gasteiger partial charge in [-0.3, -0.25) is 14.9 Å². The summed E-state index contributed by atoms with van der Waals surface area (Å²) in [6.45, 7) is 6.10. The van der Waals surface area contributed by atoms with Gasteiger partial charge in [-0.05, 0) is 44.0 Å². The maximum atomic E-state index is 12.6. The van der Waals surface area contributed by atoms with Gasteiger partial charge in [0.1, 0.15) is 5.60 Å². The zero-order valence-corrected chi connectivity index (χ0v) is 18.9. The van der Waals surface area contributed by atoms with Crippen LogP contribution in [-0.4, -0.2) is 39.0 Å². The highest BCUT2D eigenvalue weighted by Gasteiger charge is 2.31. The molecule has 0 radical (unpaired) electrons. The fourth-order valence-corrected chi connectivity index (χ4v) is 4.29. The van der Waals surface area contributed by atoms with E-state index in [-0.39, 0.29) is 6.04 Å². The molecule has 3 rings (SSSR count). The Morgan fingerprint density at radius 1 is 1.31 bits per heavy atom. The molecule has 1 atom stereocenters. The molecule has 1 aliphatic rings. The molecule has 2 aromatic rings. The number of amides is 1. The third-order valence-corrected chi connectivity index (χ3v) is 5.95. The van der Waals surface area contributed by atoms with Gasteiger partial charge in [0.2, 0.25) is 0 Å². The fourth-order valence-electron chi connectivity index (χ4n) is 2.87. The maximum absolute atomic E-state index is 12.6. The molecule has 1 aromatic heterocycles. The van der Waals surface area contributed by atoms with Crippen LogP contribution in [0.5, 0.6) is 0 Å². The van der Waals surface area contributed by atoms with Crippen LogP contribution < -0.4 is 0 Å². The quantitative estimate of drug-likeness (QED) is 0.570. The predicted molar refractivity (Wildman–Crippen MR) is 120 cm³/mol. The van der Waals surface area contributed by atoms with Gasteiger partial charge in [-0.15, -0.1) is 0 Å². The predicted octanol–water partition coefficient (Wildman–Crippen LogP) is 6.01. The third kappa shape index (κ3) is 5.87. The molecule has 1 amide bonds. The van der Waals surface area contributed by atoms with E-state index in [1.54, 1.807) is 23.4 Å². The number of ether oxygens (including phenoxy) is 1. The Bertz CT molecular complexity index is 901. The van der Waals surface area contributed by atoms with Crippen molar-refractivity contribution in [2.24, 2.45) is 4.99 Å². The normalized spacial score (nSPS) is 16.9. The summed E-state index contributed by atoms with van der Waals surface area (Å²) in [6, 6.07) is 9.09. The van der Waals surface area contributed by atoms with Gasteiger partial charge in [0.25, 0.3) is 0 Å². The van der Waals surface area contributed by atoms with Gasteiger partial charge in [-0.1, -0.05) is 53.2 Å². The summed E-state index contributed by atoms with van der Waals surface area (Å²) < 4.78 is 5.54. The molecule has 1 saturated heterocycles. The Balaban J connectivity index is 1.95. The average molecular weight is 452 g/mol. The second kappa shape index (κ2) is 9.37. The number of pyridine rings is 1. The molecule has 1 fully saturated rings. The number of aliphatic imine (C=N–C) groups is 1. The monoisotopic (exact) mass is 451 g/mol. The Hall–Kier alpha value is -1.76. The van der Waals surface area contributed by atoms with E-state index in [2.05, 4.69) is 4.98 Å². The lowest BCUT2D eigenvalue weighted by Crippen LogP contribution is -2.37. The van der Waals surface area contributed by atoms with E-state index in [0.717, 1.165) is 16.9 Å². The maximum Gasteiger partial charge on any atom is 0.416 e. The van der Waals surface area contributed by atoms with Crippen molar-refractivity contribution < 1.29 is 9.53 Å². The van der Waals surface area contributed by atoms with Crippen molar-refractivity contribution in [3.63, 3.8) is 0 Å². The van der Waals surface area contributed by atoms with Crippen molar-refractivity contribution in [1.82, 2.24) is 9.88 Å². The first-order chi connectivity index (χ1) is 13.7. The number of aromatic nitrogens is 1. The second-order valence-electron chi connectivity index (χ2n) is 7.62. The van der Waals surface area contributed by atoms with Crippen LogP contribution >= 0.6 is 35.0 Å². The Kier molecular flexibility index (Phi) is 7.09. The highest BCUT2D eigenvalue weighted by Crippen LogP contribution is 2.35. The fraction of sp³-hybridized carbons (Fsp3) is 0.381. The molecule has 8 heteroatoms. The SMILES string of the molecule is CC(C)(C)OC(=O)N1CCSC1=NC(Cc1cccnc1)c1cccc(Cl)c1Cl. The largest absolute Gasteiger partial charge is 0.443 e. The summed E-state index contributed by atoms with van der Waals surface area (Å²) in [5, 5.41) is 1.58. The number of amidine groups is 1. The highest BCUT2D eigenvalue weighted by atomic mass is 35.5. The van der Waals surface area contributed by atoms with E-state index in [1.165, 1.54) is 11.8 Å². The van der Waals surface area contributed by atoms with Crippen LogP contribution in [0, 0.1) is 0 Å². The molecular weight excluding hydrogens is 429 g/mol.